The number of hydrogen-bond donors (Lipinski definition) is 0. The molecule has 84 valence electrons. The number of nitrogens with zero attached hydrogens (tertiary/aromatic N) is 1. The van der Waals surface area contributed by atoms with Crippen LogP contribution in [0, 0.1) is 17.1 Å². The van der Waals surface area contributed by atoms with Crippen molar-refractivity contribution >= 4 is 21.7 Å². The average Bonchev–Trinajstić information content (AvgIpc) is 2.30. The molecule has 0 aliphatic heterocycles. The van der Waals surface area contributed by atoms with E-state index in [1.165, 1.54) is 6.07 Å². The van der Waals surface area contributed by atoms with E-state index in [0.29, 0.717) is 18.4 Å². The summed E-state index contributed by atoms with van der Waals surface area (Å²) in [5.41, 5.74) is 0.733. The topological polar surface area (TPSA) is 40.9 Å². The first kappa shape index (κ1) is 12.9. The van der Waals surface area contributed by atoms with Crippen molar-refractivity contribution in [1.29, 1.82) is 5.26 Å². The van der Waals surface area contributed by atoms with Crippen LogP contribution in [0.4, 0.5) is 4.39 Å². The van der Waals surface area contributed by atoms with Crippen LogP contribution in [0.1, 0.15) is 24.5 Å². The van der Waals surface area contributed by atoms with Gasteiger partial charge in [0.1, 0.15) is 11.6 Å². The van der Waals surface area contributed by atoms with E-state index in [0.717, 1.165) is 0 Å². The monoisotopic (exact) mass is 283 g/mol. The van der Waals surface area contributed by atoms with Crippen LogP contribution in [0.15, 0.2) is 18.2 Å². The SMILES string of the molecule is CCC(=O)C(Br)Cc1ccc(C#N)cc1F. The molecule has 4 heteroatoms. The van der Waals surface area contributed by atoms with Gasteiger partial charge in [-0.25, -0.2) is 4.39 Å². The Morgan fingerprint density at radius 3 is 2.81 bits per heavy atom. The Morgan fingerprint density at radius 1 is 1.62 bits per heavy atom. The second kappa shape index (κ2) is 5.76. The van der Waals surface area contributed by atoms with E-state index in [2.05, 4.69) is 15.9 Å². The number of alkyl halides is 1. The smallest absolute Gasteiger partial charge is 0.146 e. The van der Waals surface area contributed by atoms with Crippen LogP contribution < -0.4 is 0 Å². The van der Waals surface area contributed by atoms with E-state index >= 15 is 0 Å². The maximum Gasteiger partial charge on any atom is 0.146 e. The van der Waals surface area contributed by atoms with Gasteiger partial charge in [0.15, 0.2) is 0 Å². The van der Waals surface area contributed by atoms with Gasteiger partial charge in [0.25, 0.3) is 0 Å². The lowest BCUT2D eigenvalue weighted by atomic mass is 10.0. The molecule has 1 atom stereocenters. The predicted octanol–water partition coefficient (Wildman–Crippen LogP) is 2.98. The predicted molar refractivity (Wildman–Crippen MR) is 62.8 cm³/mol. The van der Waals surface area contributed by atoms with Gasteiger partial charge in [0.2, 0.25) is 0 Å². The summed E-state index contributed by atoms with van der Waals surface area (Å²) in [6, 6.07) is 6.15. The number of hydrogen-bond acceptors (Lipinski definition) is 2. The highest BCUT2D eigenvalue weighted by atomic mass is 79.9. The summed E-state index contributed by atoms with van der Waals surface area (Å²) in [4.78, 5) is 11.0. The molecule has 0 aliphatic rings. The van der Waals surface area contributed by atoms with E-state index in [-0.39, 0.29) is 16.2 Å². The molecule has 1 aromatic carbocycles. The number of benzene rings is 1. The summed E-state index contributed by atoms with van der Waals surface area (Å²) in [7, 11) is 0. The van der Waals surface area contributed by atoms with Gasteiger partial charge in [0.05, 0.1) is 16.5 Å². The Kier molecular flexibility index (Phi) is 4.63. The standard InChI is InChI=1S/C12H11BrFNO/c1-2-12(16)10(13)6-9-4-3-8(7-15)5-11(9)14/h3-5,10H,2,6H2,1H3. The molecule has 0 fully saturated rings. The van der Waals surface area contributed by atoms with Crippen molar-refractivity contribution < 1.29 is 9.18 Å². The van der Waals surface area contributed by atoms with Crippen molar-refractivity contribution in [3.05, 3.63) is 35.1 Å². The molecule has 0 bridgehead atoms. The fraction of sp³-hybridized carbons (Fsp3) is 0.333. The lowest BCUT2D eigenvalue weighted by Gasteiger charge is -2.08. The van der Waals surface area contributed by atoms with Gasteiger partial charge in [-0.1, -0.05) is 28.9 Å². The summed E-state index contributed by atoms with van der Waals surface area (Å²) in [6.07, 6.45) is 0.734. The molecule has 0 aromatic heterocycles. The van der Waals surface area contributed by atoms with E-state index in [9.17, 15) is 9.18 Å². The van der Waals surface area contributed by atoms with Crippen LogP contribution >= 0.6 is 15.9 Å². The Balaban J connectivity index is 2.83. The highest BCUT2D eigenvalue weighted by molar-refractivity contribution is 9.10. The van der Waals surface area contributed by atoms with Crippen molar-refractivity contribution in [3.8, 4) is 6.07 Å². The van der Waals surface area contributed by atoms with Gasteiger partial charge in [0, 0.05) is 6.42 Å². The van der Waals surface area contributed by atoms with Crippen molar-refractivity contribution in [1.82, 2.24) is 0 Å². The number of Topliss-reactive ketones (excluding diaryl/α,β-unsaturated/α-hetero) is 1. The number of nitriles is 1. The molecule has 0 radical (unpaired) electrons. The maximum atomic E-state index is 13.5. The van der Waals surface area contributed by atoms with Crippen LogP contribution in [0.5, 0.6) is 0 Å². The molecule has 0 saturated carbocycles. The zero-order valence-electron chi connectivity index (χ0n) is 8.84. The molecule has 0 aliphatic carbocycles. The zero-order valence-corrected chi connectivity index (χ0v) is 10.4. The van der Waals surface area contributed by atoms with E-state index in [1.54, 1.807) is 19.1 Å². The number of rotatable bonds is 4. The third-order valence-corrected chi connectivity index (χ3v) is 3.11. The average molecular weight is 284 g/mol. The Labute approximate surface area is 102 Å². The second-order valence-corrected chi connectivity index (χ2v) is 4.51. The fourth-order valence-electron chi connectivity index (χ4n) is 1.31. The maximum absolute atomic E-state index is 13.5. The number of ketones is 1. The highest BCUT2D eigenvalue weighted by Crippen LogP contribution is 2.16. The molecule has 1 unspecified atom stereocenters. The molecule has 0 amide bonds. The zero-order chi connectivity index (χ0) is 12.1. The van der Waals surface area contributed by atoms with Crippen molar-refractivity contribution in [2.24, 2.45) is 0 Å². The first-order chi connectivity index (χ1) is 7.58. The van der Waals surface area contributed by atoms with E-state index in [1.807, 2.05) is 6.07 Å². The minimum Gasteiger partial charge on any atom is -0.298 e. The lowest BCUT2D eigenvalue weighted by Crippen LogP contribution is -2.16. The van der Waals surface area contributed by atoms with Crippen LogP contribution in [-0.2, 0) is 11.2 Å². The molecule has 0 spiro atoms. The first-order valence-corrected chi connectivity index (χ1v) is 5.85. The Morgan fingerprint density at radius 2 is 2.31 bits per heavy atom. The molecular weight excluding hydrogens is 273 g/mol. The number of halogens is 2. The quantitative estimate of drug-likeness (QED) is 0.797. The van der Waals surface area contributed by atoms with E-state index in [4.69, 9.17) is 5.26 Å². The van der Waals surface area contributed by atoms with E-state index < -0.39 is 5.82 Å². The summed E-state index contributed by atoms with van der Waals surface area (Å²) < 4.78 is 13.5. The summed E-state index contributed by atoms with van der Waals surface area (Å²) in [6.45, 7) is 1.77. The molecular formula is C12H11BrFNO. The largest absolute Gasteiger partial charge is 0.298 e. The molecule has 1 rings (SSSR count). The number of carbonyl (C=O) groups excluding carboxylic acids is 1. The van der Waals surface area contributed by atoms with Gasteiger partial charge in [-0.05, 0) is 24.1 Å². The second-order valence-electron chi connectivity index (χ2n) is 3.41. The van der Waals surface area contributed by atoms with Crippen LogP contribution in [-0.4, -0.2) is 10.6 Å². The lowest BCUT2D eigenvalue weighted by molar-refractivity contribution is -0.118. The molecule has 2 nitrogen and oxygen atoms in total. The Hall–Kier alpha value is -1.21. The van der Waals surface area contributed by atoms with Crippen LogP contribution in [0.2, 0.25) is 0 Å². The van der Waals surface area contributed by atoms with Gasteiger partial charge in [-0.15, -0.1) is 0 Å². The molecule has 0 heterocycles. The molecule has 0 saturated heterocycles. The number of carbonyl (C=O) groups is 1. The van der Waals surface area contributed by atoms with Crippen molar-refractivity contribution in [2.75, 3.05) is 0 Å². The summed E-state index contributed by atoms with van der Waals surface area (Å²) >= 11 is 3.23. The minimum absolute atomic E-state index is 0.0451. The van der Waals surface area contributed by atoms with Crippen LogP contribution in [0.3, 0.4) is 0 Å². The molecule has 1 aromatic rings. The molecule has 0 N–H and O–H groups in total. The highest BCUT2D eigenvalue weighted by Gasteiger charge is 2.15. The van der Waals surface area contributed by atoms with Gasteiger partial charge in [-0.3, -0.25) is 4.79 Å². The first-order valence-electron chi connectivity index (χ1n) is 4.93. The minimum atomic E-state index is -0.438. The normalized spacial score (nSPS) is 11.9. The molecule has 16 heavy (non-hydrogen) atoms. The summed E-state index contributed by atoms with van der Waals surface area (Å²) in [5.74, 6) is -0.392. The van der Waals surface area contributed by atoms with Gasteiger partial charge in [-0.2, -0.15) is 5.26 Å². The third-order valence-electron chi connectivity index (χ3n) is 2.28. The van der Waals surface area contributed by atoms with Gasteiger partial charge < -0.3 is 0 Å². The fourth-order valence-corrected chi connectivity index (χ4v) is 1.98. The van der Waals surface area contributed by atoms with Crippen molar-refractivity contribution in [3.63, 3.8) is 0 Å². The van der Waals surface area contributed by atoms with Crippen molar-refractivity contribution in [2.45, 2.75) is 24.6 Å². The van der Waals surface area contributed by atoms with Gasteiger partial charge >= 0.3 is 0 Å². The summed E-state index contributed by atoms with van der Waals surface area (Å²) in [5, 5.41) is 8.58. The third kappa shape index (κ3) is 3.14. The Bertz CT molecular complexity index is 439. The van der Waals surface area contributed by atoms with Crippen LogP contribution in [0.25, 0.3) is 0 Å².